The maximum Gasteiger partial charge on any atom is 0.143 e. The standard InChI is InChI=1S/CH2INO2.CH2O3/c2-3-1(4)5;2-1(3)4/h3H,(H,4,5);(H2,2,3,4)/p-3. The van der Waals surface area contributed by atoms with Gasteiger partial charge in [0.15, 0.2) is 0 Å². The molecule has 7 heteroatoms. The van der Waals surface area contributed by atoms with Gasteiger partial charge < -0.3 is 28.4 Å². The van der Waals surface area contributed by atoms with Gasteiger partial charge in [-0.1, -0.05) is 0 Å². The number of nitrogens with one attached hydrogen (secondary N) is 1. The summed E-state index contributed by atoms with van der Waals surface area (Å²) in [5, 5.41) is 25.8. The van der Waals surface area contributed by atoms with Crippen molar-refractivity contribution in [3.8, 4) is 0 Å². The van der Waals surface area contributed by atoms with E-state index in [2.05, 4.69) is 0 Å². The van der Waals surface area contributed by atoms with Crippen LogP contribution in [0.3, 0.4) is 0 Å². The number of hydrogen-bond acceptors (Lipinski definition) is 5. The van der Waals surface area contributed by atoms with Crippen molar-refractivity contribution in [2.24, 2.45) is 0 Å². The molecule has 0 aromatic rings. The number of hydrogen-bond donors (Lipinski definition) is 1. The molecular weight excluding hydrogens is 245 g/mol. The molecule has 0 heterocycles. The zero-order valence-electron chi connectivity index (χ0n) is 3.92. The number of carboxylic acid groups (broad SMARTS) is 3. The Morgan fingerprint density at radius 1 is 1.22 bits per heavy atom. The number of carbonyl (C=O) groups is 2. The second-order valence-electron chi connectivity index (χ2n) is 0.632. The predicted molar refractivity (Wildman–Crippen MR) is 27.9 cm³/mol. The minimum atomic E-state index is -2.33. The van der Waals surface area contributed by atoms with Gasteiger partial charge in [-0.15, -0.1) is 0 Å². The van der Waals surface area contributed by atoms with E-state index in [-0.39, 0.29) is 0 Å². The minimum Gasteiger partial charge on any atom is -0.652 e. The van der Waals surface area contributed by atoms with Gasteiger partial charge in [0.1, 0.15) is 6.09 Å². The fourth-order valence-corrected chi connectivity index (χ4v) is 0. The molecule has 0 atom stereocenters. The fraction of sp³-hybridized carbons (Fsp3) is 0. The van der Waals surface area contributed by atoms with Crippen molar-refractivity contribution >= 4 is 35.1 Å². The molecule has 0 fully saturated rings. The van der Waals surface area contributed by atoms with Crippen molar-refractivity contribution in [3.05, 3.63) is 0 Å². The topological polar surface area (TPSA) is 115 Å². The normalized spacial score (nSPS) is 6.33. The van der Waals surface area contributed by atoms with Crippen LogP contribution in [0.2, 0.25) is 0 Å². The van der Waals surface area contributed by atoms with Gasteiger partial charge in [0, 0.05) is 0 Å². The maximum atomic E-state index is 9.14. The summed E-state index contributed by atoms with van der Waals surface area (Å²) in [4.78, 5) is 17.5. The van der Waals surface area contributed by atoms with E-state index in [1.54, 1.807) is 3.53 Å². The summed E-state index contributed by atoms with van der Waals surface area (Å²) >= 11 is 1.47. The van der Waals surface area contributed by atoms with Crippen LogP contribution in [0.1, 0.15) is 0 Å². The highest BCUT2D eigenvalue weighted by Gasteiger charge is 1.62. The zero-order chi connectivity index (χ0) is 7.86. The largest absolute Gasteiger partial charge is 0.652 e. The Morgan fingerprint density at radius 3 is 1.33 bits per heavy atom. The van der Waals surface area contributed by atoms with Crippen LogP contribution in [0.4, 0.5) is 9.59 Å². The van der Waals surface area contributed by atoms with Gasteiger partial charge in [-0.2, -0.15) is 0 Å². The lowest BCUT2D eigenvalue weighted by molar-refractivity contribution is -0.415. The minimum absolute atomic E-state index is 1.26. The molecule has 0 aliphatic carbocycles. The Morgan fingerprint density at radius 2 is 1.33 bits per heavy atom. The number of rotatable bonds is 0. The highest BCUT2D eigenvalue weighted by Crippen LogP contribution is 1.60. The molecule has 0 saturated carbocycles. The van der Waals surface area contributed by atoms with Crippen molar-refractivity contribution in [1.29, 1.82) is 0 Å². The van der Waals surface area contributed by atoms with E-state index in [0.717, 1.165) is 0 Å². The van der Waals surface area contributed by atoms with E-state index in [4.69, 9.17) is 24.9 Å². The Balaban J connectivity index is 0. The lowest BCUT2D eigenvalue weighted by atomic mass is 11.3. The lowest BCUT2D eigenvalue weighted by Crippen LogP contribution is -2.37. The summed E-state index contributed by atoms with van der Waals surface area (Å²) in [5.74, 6) is 0. The average Bonchev–Trinajstić information content (AvgIpc) is 1.65. The summed E-state index contributed by atoms with van der Waals surface area (Å²) in [5.41, 5.74) is 0. The molecule has 6 nitrogen and oxygen atoms in total. The van der Waals surface area contributed by atoms with Gasteiger partial charge in [0.05, 0.1) is 22.9 Å². The molecule has 1 amide bonds. The predicted octanol–water partition coefficient (Wildman–Crippen LogP) is -3.18. The van der Waals surface area contributed by atoms with Crippen LogP contribution in [-0.2, 0) is 0 Å². The summed E-state index contributed by atoms with van der Waals surface area (Å²) in [7, 11) is 0. The molecule has 0 unspecified atom stereocenters. The van der Waals surface area contributed by atoms with E-state index >= 15 is 0 Å². The molecule has 0 saturated heterocycles. The zero-order valence-corrected chi connectivity index (χ0v) is 6.08. The van der Waals surface area contributed by atoms with Gasteiger partial charge in [-0.05, 0) is 6.16 Å². The maximum absolute atomic E-state index is 9.14. The molecule has 0 aliphatic heterocycles. The van der Waals surface area contributed by atoms with Crippen LogP contribution in [0.15, 0.2) is 0 Å². The van der Waals surface area contributed by atoms with Gasteiger partial charge in [-0.25, -0.2) is 0 Å². The SMILES string of the molecule is O=C([O-])NI.O=C([O-])[O-]. The fourth-order valence-electron chi connectivity index (χ4n) is 0. The Hall–Kier alpha value is -0.730. The molecule has 0 radical (unpaired) electrons. The van der Waals surface area contributed by atoms with E-state index in [0.29, 0.717) is 0 Å². The van der Waals surface area contributed by atoms with Crippen molar-refractivity contribution in [2.45, 2.75) is 0 Å². The molecule has 1 N–H and O–H groups in total. The third-order valence-electron chi connectivity index (χ3n) is 0.0772. The van der Waals surface area contributed by atoms with Gasteiger partial charge >= 0.3 is 0 Å². The summed E-state index contributed by atoms with van der Waals surface area (Å²) in [6.07, 6.45) is -3.59. The molecule has 0 aliphatic rings. The van der Waals surface area contributed by atoms with Crippen molar-refractivity contribution in [2.75, 3.05) is 0 Å². The molecule has 0 aromatic carbocycles. The molecule has 0 bridgehead atoms. The first-order valence-electron chi connectivity index (χ1n) is 1.46. The molecule has 0 rings (SSSR count). The lowest BCUT2D eigenvalue weighted by Gasteiger charge is -1.96. The smallest absolute Gasteiger partial charge is 0.143 e. The van der Waals surface area contributed by atoms with Crippen molar-refractivity contribution < 1.29 is 24.9 Å². The number of amides is 1. The number of halogens is 1. The van der Waals surface area contributed by atoms with Crippen LogP contribution < -0.4 is 18.8 Å². The van der Waals surface area contributed by atoms with E-state index in [1.165, 1.54) is 22.9 Å². The molecule has 9 heavy (non-hydrogen) atoms. The van der Waals surface area contributed by atoms with Crippen LogP contribution in [0.25, 0.3) is 0 Å². The van der Waals surface area contributed by atoms with E-state index in [9.17, 15) is 0 Å². The summed E-state index contributed by atoms with van der Waals surface area (Å²) in [6.45, 7) is 0. The van der Waals surface area contributed by atoms with Gasteiger partial charge in [0.2, 0.25) is 0 Å². The Labute approximate surface area is 64.0 Å². The third-order valence-corrected chi connectivity index (χ3v) is 0.518. The average molecular weight is 246 g/mol. The van der Waals surface area contributed by atoms with Gasteiger partial charge in [0.25, 0.3) is 0 Å². The molecule has 0 aromatic heterocycles. The third kappa shape index (κ3) is 125. The first-order chi connectivity index (χ1) is 4.00. The highest BCUT2D eigenvalue weighted by atomic mass is 127. The quantitative estimate of drug-likeness (QED) is 0.357. The van der Waals surface area contributed by atoms with Crippen LogP contribution in [-0.4, -0.2) is 12.2 Å². The Kier molecular flexibility index (Phi) is 8.98. The van der Waals surface area contributed by atoms with Crippen molar-refractivity contribution in [3.63, 3.8) is 0 Å². The van der Waals surface area contributed by atoms with Gasteiger partial charge in [-0.3, -0.25) is 0 Å². The van der Waals surface area contributed by atoms with Crippen LogP contribution in [0.5, 0.6) is 0 Å². The molecule has 54 valence electrons. The van der Waals surface area contributed by atoms with Crippen LogP contribution in [0, 0.1) is 0 Å². The van der Waals surface area contributed by atoms with Crippen molar-refractivity contribution in [1.82, 2.24) is 3.53 Å². The number of carbonyl (C=O) groups excluding carboxylic acids is 2. The van der Waals surface area contributed by atoms with E-state index < -0.39 is 12.2 Å². The first kappa shape index (κ1) is 11.1. The monoisotopic (exact) mass is 246 g/mol. The highest BCUT2D eigenvalue weighted by molar-refractivity contribution is 14.1. The summed E-state index contributed by atoms with van der Waals surface area (Å²) in [6, 6.07) is 0. The second-order valence-corrected chi connectivity index (χ2v) is 1.17. The first-order valence-corrected chi connectivity index (χ1v) is 2.54. The second kappa shape index (κ2) is 7.27. The molecule has 0 spiro atoms. The van der Waals surface area contributed by atoms with E-state index in [1.807, 2.05) is 0 Å². The molecular formula is C2HINO5-3. The Bertz CT molecular complexity index is 99.1. The van der Waals surface area contributed by atoms with Crippen LogP contribution >= 0.6 is 22.9 Å². The summed E-state index contributed by atoms with van der Waals surface area (Å²) < 4.78 is 1.80.